The number of imide groups is 1. The van der Waals surface area contributed by atoms with Gasteiger partial charge in [-0.1, -0.05) is 19.1 Å². The molecule has 0 saturated carbocycles. The summed E-state index contributed by atoms with van der Waals surface area (Å²) in [6.07, 6.45) is 0.645. The third kappa shape index (κ3) is 4.69. The minimum absolute atomic E-state index is 0.182. The first-order chi connectivity index (χ1) is 14.9. The summed E-state index contributed by atoms with van der Waals surface area (Å²) in [5.41, 5.74) is 2.18. The Morgan fingerprint density at radius 2 is 1.55 bits per heavy atom. The van der Waals surface area contributed by atoms with Gasteiger partial charge in [-0.25, -0.2) is 0 Å². The third-order valence-electron chi connectivity index (χ3n) is 4.73. The number of ether oxygens (including phenoxy) is 2. The van der Waals surface area contributed by atoms with Gasteiger partial charge >= 0.3 is 0 Å². The highest BCUT2D eigenvalue weighted by atomic mass is 16.5. The molecule has 162 valence electrons. The van der Waals surface area contributed by atoms with E-state index in [1.807, 2.05) is 6.92 Å². The lowest BCUT2D eigenvalue weighted by atomic mass is 10.0. The van der Waals surface area contributed by atoms with Gasteiger partial charge in [-0.05, 0) is 24.1 Å². The van der Waals surface area contributed by atoms with Crippen LogP contribution in [0.25, 0.3) is 5.57 Å². The average Bonchev–Trinajstić information content (AvgIpc) is 2.98. The summed E-state index contributed by atoms with van der Waals surface area (Å²) < 4.78 is 10.6. The Morgan fingerprint density at radius 3 is 2.06 bits per heavy atom. The summed E-state index contributed by atoms with van der Waals surface area (Å²) in [4.78, 5) is 38.7. The largest absolute Gasteiger partial charge is 0.497 e. The van der Waals surface area contributed by atoms with E-state index in [9.17, 15) is 14.4 Å². The molecule has 2 aromatic carbocycles. The van der Waals surface area contributed by atoms with E-state index in [2.05, 4.69) is 10.6 Å². The number of hydrogen-bond acceptors (Lipinski definition) is 6. The maximum Gasteiger partial charge on any atom is 0.278 e. The Kier molecular flexibility index (Phi) is 6.59. The molecule has 2 aromatic rings. The van der Waals surface area contributed by atoms with Gasteiger partial charge in [0.25, 0.3) is 11.8 Å². The maximum absolute atomic E-state index is 13.1. The fourth-order valence-electron chi connectivity index (χ4n) is 3.33. The van der Waals surface area contributed by atoms with Crippen LogP contribution >= 0.6 is 0 Å². The Morgan fingerprint density at radius 1 is 0.935 bits per heavy atom. The number of carbonyl (C=O) groups is 3. The quantitative estimate of drug-likeness (QED) is 0.633. The van der Waals surface area contributed by atoms with Gasteiger partial charge in [0.15, 0.2) is 0 Å². The normalized spacial score (nSPS) is 13.5. The molecule has 0 fully saturated rings. The summed E-state index contributed by atoms with van der Waals surface area (Å²) >= 11 is 0. The molecule has 8 heteroatoms. The molecule has 8 nitrogen and oxygen atoms in total. The predicted molar refractivity (Wildman–Crippen MR) is 118 cm³/mol. The molecule has 0 atom stereocenters. The van der Waals surface area contributed by atoms with Crippen molar-refractivity contribution in [1.82, 2.24) is 4.90 Å². The van der Waals surface area contributed by atoms with Crippen LogP contribution in [0.2, 0.25) is 0 Å². The number of amides is 3. The topological polar surface area (TPSA) is 97.0 Å². The highest BCUT2D eigenvalue weighted by Gasteiger charge is 2.38. The van der Waals surface area contributed by atoms with Crippen LogP contribution in [-0.2, 0) is 14.4 Å². The second-order valence-electron chi connectivity index (χ2n) is 7.00. The SMILES string of the molecule is CCCN1C(=O)C(Nc2cc(OC)cc(OC)c2)=C(c2ccc(NC(C)=O)cc2)C1=O. The number of rotatable bonds is 8. The molecule has 0 unspecified atom stereocenters. The van der Waals surface area contributed by atoms with Gasteiger partial charge in [0.1, 0.15) is 17.2 Å². The van der Waals surface area contributed by atoms with Crippen molar-refractivity contribution in [1.29, 1.82) is 0 Å². The van der Waals surface area contributed by atoms with Crippen molar-refractivity contribution in [3.05, 3.63) is 53.7 Å². The summed E-state index contributed by atoms with van der Waals surface area (Å²) in [5, 5.41) is 5.78. The van der Waals surface area contributed by atoms with Crippen molar-refractivity contribution in [2.45, 2.75) is 20.3 Å². The minimum atomic E-state index is -0.394. The van der Waals surface area contributed by atoms with Crippen LogP contribution in [-0.4, -0.2) is 43.4 Å². The monoisotopic (exact) mass is 423 g/mol. The number of anilines is 2. The smallest absolute Gasteiger partial charge is 0.278 e. The molecule has 0 aromatic heterocycles. The van der Waals surface area contributed by atoms with Gasteiger partial charge in [-0.3, -0.25) is 19.3 Å². The molecule has 1 aliphatic heterocycles. The zero-order chi connectivity index (χ0) is 22.5. The molecule has 0 aliphatic carbocycles. The first kappa shape index (κ1) is 21.9. The molecular formula is C23H25N3O5. The average molecular weight is 423 g/mol. The number of carbonyl (C=O) groups excluding carboxylic acids is 3. The fourth-order valence-corrected chi connectivity index (χ4v) is 3.33. The first-order valence-electron chi connectivity index (χ1n) is 9.86. The number of nitrogens with zero attached hydrogens (tertiary/aromatic N) is 1. The van der Waals surface area contributed by atoms with Crippen LogP contribution in [0.15, 0.2) is 48.2 Å². The van der Waals surface area contributed by atoms with Crippen LogP contribution < -0.4 is 20.1 Å². The van der Waals surface area contributed by atoms with Crippen molar-refractivity contribution in [3.63, 3.8) is 0 Å². The number of nitrogens with one attached hydrogen (secondary N) is 2. The van der Waals surface area contributed by atoms with Crippen molar-refractivity contribution in [3.8, 4) is 11.5 Å². The Labute approximate surface area is 180 Å². The molecule has 0 spiro atoms. The molecule has 0 radical (unpaired) electrons. The molecular weight excluding hydrogens is 398 g/mol. The second-order valence-corrected chi connectivity index (χ2v) is 7.00. The van der Waals surface area contributed by atoms with E-state index in [1.165, 1.54) is 26.0 Å². The summed E-state index contributed by atoms with van der Waals surface area (Å²) in [6, 6.07) is 11.9. The number of benzene rings is 2. The summed E-state index contributed by atoms with van der Waals surface area (Å²) in [7, 11) is 3.07. The molecule has 2 N–H and O–H groups in total. The molecule has 0 bridgehead atoms. The lowest BCUT2D eigenvalue weighted by Gasteiger charge is -2.14. The van der Waals surface area contributed by atoms with Gasteiger partial charge in [0.05, 0.1) is 19.8 Å². The van der Waals surface area contributed by atoms with Crippen molar-refractivity contribution in [2.75, 3.05) is 31.4 Å². The standard InChI is InChI=1S/C23H25N3O5/c1-5-10-26-22(28)20(15-6-8-16(9-7-15)24-14(2)27)21(23(26)29)25-17-11-18(30-3)13-19(12-17)31-4/h6-9,11-13,25H,5,10H2,1-4H3,(H,24,27). The Bertz CT molecular complexity index is 1020. The van der Waals surface area contributed by atoms with Crippen LogP contribution in [0.4, 0.5) is 11.4 Å². The van der Waals surface area contributed by atoms with Crippen molar-refractivity contribution < 1.29 is 23.9 Å². The Hall–Kier alpha value is -3.81. The van der Waals surface area contributed by atoms with E-state index in [1.54, 1.807) is 42.5 Å². The lowest BCUT2D eigenvalue weighted by molar-refractivity contribution is -0.136. The van der Waals surface area contributed by atoms with Gasteiger partial charge in [-0.15, -0.1) is 0 Å². The molecule has 1 heterocycles. The van der Waals surface area contributed by atoms with E-state index in [0.29, 0.717) is 41.4 Å². The molecule has 0 saturated heterocycles. The van der Waals surface area contributed by atoms with E-state index in [-0.39, 0.29) is 23.1 Å². The zero-order valence-corrected chi connectivity index (χ0v) is 17.9. The zero-order valence-electron chi connectivity index (χ0n) is 17.9. The van der Waals surface area contributed by atoms with E-state index < -0.39 is 5.91 Å². The summed E-state index contributed by atoms with van der Waals surface area (Å²) in [6.45, 7) is 3.64. The van der Waals surface area contributed by atoms with Crippen molar-refractivity contribution in [2.24, 2.45) is 0 Å². The highest BCUT2D eigenvalue weighted by molar-refractivity contribution is 6.36. The predicted octanol–water partition coefficient (Wildman–Crippen LogP) is 3.26. The fraction of sp³-hybridized carbons (Fsp3) is 0.261. The Balaban J connectivity index is 2.05. The van der Waals surface area contributed by atoms with Gasteiger partial charge in [-0.2, -0.15) is 0 Å². The van der Waals surface area contributed by atoms with Gasteiger partial charge in [0, 0.05) is 43.0 Å². The number of methoxy groups -OCH3 is 2. The van der Waals surface area contributed by atoms with Crippen molar-refractivity contribution >= 4 is 34.7 Å². The summed E-state index contributed by atoms with van der Waals surface area (Å²) in [5.74, 6) is 0.144. The molecule has 3 amide bonds. The number of hydrogen-bond donors (Lipinski definition) is 2. The van der Waals surface area contributed by atoms with E-state index >= 15 is 0 Å². The molecule has 31 heavy (non-hydrogen) atoms. The maximum atomic E-state index is 13.1. The van der Waals surface area contributed by atoms with Gasteiger partial charge < -0.3 is 20.1 Å². The minimum Gasteiger partial charge on any atom is -0.497 e. The van der Waals surface area contributed by atoms with Crippen LogP contribution in [0.5, 0.6) is 11.5 Å². The molecule has 3 rings (SSSR count). The lowest BCUT2D eigenvalue weighted by Crippen LogP contribution is -2.33. The van der Waals surface area contributed by atoms with Crippen LogP contribution in [0, 0.1) is 0 Å². The van der Waals surface area contributed by atoms with Gasteiger partial charge in [0.2, 0.25) is 5.91 Å². The van der Waals surface area contributed by atoms with E-state index in [0.717, 1.165) is 0 Å². The highest BCUT2D eigenvalue weighted by Crippen LogP contribution is 2.33. The molecule has 1 aliphatic rings. The second kappa shape index (κ2) is 9.34. The van der Waals surface area contributed by atoms with E-state index in [4.69, 9.17) is 9.47 Å². The van der Waals surface area contributed by atoms with Crippen LogP contribution in [0.1, 0.15) is 25.8 Å². The third-order valence-corrected chi connectivity index (χ3v) is 4.73. The first-order valence-corrected chi connectivity index (χ1v) is 9.86. The van der Waals surface area contributed by atoms with Crippen LogP contribution in [0.3, 0.4) is 0 Å².